The first-order chi connectivity index (χ1) is 9.93. The second-order valence-electron chi connectivity index (χ2n) is 5.96. The van der Waals surface area contributed by atoms with Gasteiger partial charge in [-0.15, -0.1) is 0 Å². The maximum Gasteiger partial charge on any atom is 0.303 e. The summed E-state index contributed by atoms with van der Waals surface area (Å²) < 4.78 is 0. The molecule has 2 rings (SSSR count). The Kier molecular flexibility index (Phi) is 4.88. The molecule has 0 radical (unpaired) electrons. The van der Waals surface area contributed by atoms with E-state index in [1.807, 2.05) is 31.2 Å². The van der Waals surface area contributed by atoms with E-state index in [1.54, 1.807) is 0 Å². The van der Waals surface area contributed by atoms with E-state index in [9.17, 15) is 9.59 Å². The van der Waals surface area contributed by atoms with Crippen LogP contribution in [0, 0.1) is 11.3 Å². The number of nitrogens with one attached hydrogen (secondary N) is 1. The zero-order valence-electron chi connectivity index (χ0n) is 12.1. The molecule has 1 atom stereocenters. The Hall–Kier alpha value is -1.55. The lowest BCUT2D eigenvalue weighted by Gasteiger charge is -2.18. The van der Waals surface area contributed by atoms with Crippen LogP contribution in [-0.2, 0) is 16.0 Å². The molecule has 1 aromatic rings. The lowest BCUT2D eigenvalue weighted by atomic mass is 9.95. The first kappa shape index (κ1) is 15.8. The van der Waals surface area contributed by atoms with Gasteiger partial charge >= 0.3 is 5.97 Å². The predicted molar refractivity (Wildman–Crippen MR) is 81.2 cm³/mol. The Morgan fingerprint density at radius 2 is 2.05 bits per heavy atom. The van der Waals surface area contributed by atoms with E-state index in [0.717, 1.165) is 18.4 Å². The average Bonchev–Trinajstić information content (AvgIpc) is 3.19. The van der Waals surface area contributed by atoms with E-state index in [0.29, 0.717) is 18.0 Å². The van der Waals surface area contributed by atoms with Crippen molar-refractivity contribution < 1.29 is 14.7 Å². The third-order valence-corrected chi connectivity index (χ3v) is 4.32. The standard InChI is InChI=1S/C16H20ClNO3/c1-11(8-14(19)20)10-18-15(21)16(6-7-16)9-12-4-2-3-5-13(12)17/h2-5,11H,6-10H2,1H3,(H,18,21)(H,19,20). The minimum absolute atomic E-state index is 0.0136. The molecular formula is C16H20ClNO3. The van der Waals surface area contributed by atoms with Gasteiger partial charge in [-0.25, -0.2) is 0 Å². The van der Waals surface area contributed by atoms with Gasteiger partial charge in [-0.1, -0.05) is 36.7 Å². The van der Waals surface area contributed by atoms with Gasteiger partial charge in [0.1, 0.15) is 0 Å². The number of carbonyl (C=O) groups is 2. The molecule has 1 amide bonds. The van der Waals surface area contributed by atoms with Crippen molar-refractivity contribution >= 4 is 23.5 Å². The summed E-state index contributed by atoms with van der Waals surface area (Å²) in [7, 11) is 0. The summed E-state index contributed by atoms with van der Waals surface area (Å²) in [5.41, 5.74) is 0.638. The van der Waals surface area contributed by atoms with Crippen LogP contribution < -0.4 is 5.32 Å². The van der Waals surface area contributed by atoms with Crippen molar-refractivity contribution in [1.29, 1.82) is 0 Å². The van der Waals surface area contributed by atoms with Gasteiger partial charge in [0.2, 0.25) is 5.91 Å². The van der Waals surface area contributed by atoms with E-state index in [2.05, 4.69) is 5.32 Å². The number of carbonyl (C=O) groups excluding carboxylic acids is 1. The number of carboxylic acid groups (broad SMARTS) is 1. The number of rotatable bonds is 7. The smallest absolute Gasteiger partial charge is 0.303 e. The summed E-state index contributed by atoms with van der Waals surface area (Å²) in [5.74, 6) is -0.892. The Morgan fingerprint density at radius 1 is 1.38 bits per heavy atom. The number of aliphatic carboxylic acids is 1. The number of hydrogen-bond acceptors (Lipinski definition) is 2. The van der Waals surface area contributed by atoms with Gasteiger partial charge in [0.15, 0.2) is 0 Å². The van der Waals surface area contributed by atoms with Crippen LogP contribution in [0.4, 0.5) is 0 Å². The topological polar surface area (TPSA) is 66.4 Å². The van der Waals surface area contributed by atoms with Gasteiger partial charge in [-0.3, -0.25) is 9.59 Å². The summed E-state index contributed by atoms with van der Waals surface area (Å²) in [6.45, 7) is 2.22. The molecule has 0 aromatic heterocycles. The van der Waals surface area contributed by atoms with Crippen molar-refractivity contribution in [2.45, 2.75) is 32.6 Å². The number of halogens is 1. The van der Waals surface area contributed by atoms with Gasteiger partial charge in [-0.2, -0.15) is 0 Å². The van der Waals surface area contributed by atoms with E-state index in [1.165, 1.54) is 0 Å². The molecule has 114 valence electrons. The summed E-state index contributed by atoms with van der Waals surface area (Å²) in [6, 6.07) is 7.58. The Morgan fingerprint density at radius 3 is 2.62 bits per heavy atom. The summed E-state index contributed by atoms with van der Waals surface area (Å²) in [5, 5.41) is 12.3. The van der Waals surface area contributed by atoms with Crippen molar-refractivity contribution in [3.8, 4) is 0 Å². The van der Waals surface area contributed by atoms with Crippen molar-refractivity contribution in [2.75, 3.05) is 6.54 Å². The van der Waals surface area contributed by atoms with Crippen LogP contribution in [0.3, 0.4) is 0 Å². The van der Waals surface area contributed by atoms with Gasteiger partial charge in [0.05, 0.1) is 5.41 Å². The van der Waals surface area contributed by atoms with E-state index in [-0.39, 0.29) is 23.7 Å². The van der Waals surface area contributed by atoms with E-state index >= 15 is 0 Å². The molecule has 1 saturated carbocycles. The van der Waals surface area contributed by atoms with Gasteiger partial charge in [-0.05, 0) is 36.8 Å². The monoisotopic (exact) mass is 309 g/mol. The SMILES string of the molecule is CC(CNC(=O)C1(Cc2ccccc2Cl)CC1)CC(=O)O. The van der Waals surface area contributed by atoms with Crippen LogP contribution in [0.15, 0.2) is 24.3 Å². The summed E-state index contributed by atoms with van der Waals surface area (Å²) in [4.78, 5) is 22.9. The Bertz CT molecular complexity index is 540. The van der Waals surface area contributed by atoms with Crippen LogP contribution in [0.5, 0.6) is 0 Å². The lowest BCUT2D eigenvalue weighted by Crippen LogP contribution is -2.36. The number of benzene rings is 1. The molecule has 0 bridgehead atoms. The molecule has 1 aliphatic rings. The number of hydrogen-bond donors (Lipinski definition) is 2. The molecule has 0 spiro atoms. The van der Waals surface area contributed by atoms with Gasteiger partial charge < -0.3 is 10.4 Å². The molecular weight excluding hydrogens is 290 g/mol. The quantitative estimate of drug-likeness (QED) is 0.814. The minimum Gasteiger partial charge on any atom is -0.481 e. The first-order valence-electron chi connectivity index (χ1n) is 7.16. The number of carboxylic acids is 1. The van der Waals surface area contributed by atoms with Crippen LogP contribution in [0.2, 0.25) is 5.02 Å². The maximum atomic E-state index is 12.3. The van der Waals surface area contributed by atoms with Crippen LogP contribution in [0.1, 0.15) is 31.7 Å². The van der Waals surface area contributed by atoms with Crippen molar-refractivity contribution in [3.63, 3.8) is 0 Å². The molecule has 1 aromatic carbocycles. The fourth-order valence-electron chi connectivity index (χ4n) is 2.47. The summed E-state index contributed by atoms with van der Waals surface area (Å²) in [6.07, 6.45) is 2.43. The van der Waals surface area contributed by atoms with Gasteiger partial charge in [0, 0.05) is 18.0 Å². The summed E-state index contributed by atoms with van der Waals surface area (Å²) >= 11 is 6.15. The van der Waals surface area contributed by atoms with E-state index < -0.39 is 5.97 Å². The van der Waals surface area contributed by atoms with Crippen molar-refractivity contribution in [3.05, 3.63) is 34.9 Å². The minimum atomic E-state index is -0.839. The highest BCUT2D eigenvalue weighted by Gasteiger charge is 2.49. The molecule has 0 saturated heterocycles. The van der Waals surface area contributed by atoms with Gasteiger partial charge in [0.25, 0.3) is 0 Å². The van der Waals surface area contributed by atoms with Crippen molar-refractivity contribution in [1.82, 2.24) is 5.32 Å². The molecule has 2 N–H and O–H groups in total. The second kappa shape index (κ2) is 6.48. The van der Waals surface area contributed by atoms with E-state index in [4.69, 9.17) is 16.7 Å². The third-order valence-electron chi connectivity index (χ3n) is 3.96. The number of amides is 1. The van der Waals surface area contributed by atoms with Crippen LogP contribution in [0.25, 0.3) is 0 Å². The predicted octanol–water partition coefficient (Wildman–Crippen LogP) is 2.89. The van der Waals surface area contributed by atoms with Crippen molar-refractivity contribution in [2.24, 2.45) is 11.3 Å². The highest BCUT2D eigenvalue weighted by Crippen LogP contribution is 2.49. The fourth-order valence-corrected chi connectivity index (χ4v) is 2.67. The molecule has 1 unspecified atom stereocenters. The van der Waals surface area contributed by atoms with Crippen LogP contribution >= 0.6 is 11.6 Å². The fraction of sp³-hybridized carbons (Fsp3) is 0.500. The third kappa shape index (κ3) is 4.21. The highest BCUT2D eigenvalue weighted by atomic mass is 35.5. The normalized spacial score (nSPS) is 17.0. The average molecular weight is 310 g/mol. The molecule has 1 fully saturated rings. The zero-order chi connectivity index (χ0) is 15.5. The largest absolute Gasteiger partial charge is 0.481 e. The lowest BCUT2D eigenvalue weighted by molar-refractivity contribution is -0.138. The molecule has 21 heavy (non-hydrogen) atoms. The zero-order valence-corrected chi connectivity index (χ0v) is 12.8. The second-order valence-corrected chi connectivity index (χ2v) is 6.37. The Labute approximate surface area is 129 Å². The van der Waals surface area contributed by atoms with Crippen LogP contribution in [-0.4, -0.2) is 23.5 Å². The molecule has 0 aliphatic heterocycles. The first-order valence-corrected chi connectivity index (χ1v) is 7.54. The molecule has 0 heterocycles. The molecule has 4 nitrogen and oxygen atoms in total. The Balaban J connectivity index is 1.90. The highest BCUT2D eigenvalue weighted by molar-refractivity contribution is 6.31. The maximum absolute atomic E-state index is 12.3. The molecule has 5 heteroatoms. The molecule has 1 aliphatic carbocycles.